The summed E-state index contributed by atoms with van der Waals surface area (Å²) in [6, 6.07) is 24.3. The molecule has 23 heavy (non-hydrogen) atoms. The minimum absolute atomic E-state index is 0.494. The van der Waals surface area contributed by atoms with Gasteiger partial charge in [0.05, 0.1) is 0 Å². The quantitative estimate of drug-likeness (QED) is 0.402. The lowest BCUT2D eigenvalue weighted by molar-refractivity contribution is 0.688. The predicted molar refractivity (Wildman–Crippen MR) is 104 cm³/mol. The molecule has 1 aliphatic rings. The van der Waals surface area contributed by atoms with E-state index in [1.807, 2.05) is 0 Å². The molecule has 2 heteroatoms. The Balaban J connectivity index is 1.87. The third kappa shape index (κ3) is 3.02. The summed E-state index contributed by atoms with van der Waals surface area (Å²) in [4.78, 5) is 0. The summed E-state index contributed by atoms with van der Waals surface area (Å²) in [6.45, 7) is 0. The van der Waals surface area contributed by atoms with Gasteiger partial charge in [-0.25, -0.2) is 0 Å². The van der Waals surface area contributed by atoms with Crippen molar-refractivity contribution in [3.05, 3.63) is 92.4 Å². The molecule has 0 saturated heterocycles. The van der Waals surface area contributed by atoms with Crippen molar-refractivity contribution in [2.24, 2.45) is 0 Å². The number of benzene rings is 3. The highest BCUT2D eigenvalue weighted by atomic mass is 79.9. The van der Waals surface area contributed by atoms with Crippen molar-refractivity contribution in [2.45, 2.75) is 18.8 Å². The van der Waals surface area contributed by atoms with E-state index in [9.17, 15) is 0 Å². The summed E-state index contributed by atoms with van der Waals surface area (Å²) in [6.07, 6.45) is 2.15. The minimum Gasteiger partial charge on any atom is -0.0620 e. The summed E-state index contributed by atoms with van der Waals surface area (Å²) >= 11 is 7.27. The van der Waals surface area contributed by atoms with E-state index in [-0.39, 0.29) is 0 Å². The molecule has 1 aliphatic carbocycles. The molecule has 0 nitrogen and oxygen atoms in total. The van der Waals surface area contributed by atoms with Crippen LogP contribution in [-0.4, -0.2) is 0 Å². The maximum atomic E-state index is 3.63. The number of hydrogen-bond donors (Lipinski definition) is 0. The Morgan fingerprint density at radius 2 is 1.13 bits per heavy atom. The summed E-state index contributed by atoms with van der Waals surface area (Å²) in [7, 11) is 0. The molecular formula is C21H16Br2. The Labute approximate surface area is 153 Å². The van der Waals surface area contributed by atoms with Gasteiger partial charge in [0.25, 0.3) is 0 Å². The second kappa shape index (κ2) is 6.26. The number of halogens is 2. The van der Waals surface area contributed by atoms with Gasteiger partial charge in [-0.05, 0) is 64.8 Å². The predicted octanol–water partition coefficient (Wildman–Crippen LogP) is 6.76. The minimum atomic E-state index is 0.494. The van der Waals surface area contributed by atoms with E-state index in [1.165, 1.54) is 27.8 Å². The van der Waals surface area contributed by atoms with E-state index in [0.29, 0.717) is 5.92 Å². The zero-order valence-electron chi connectivity index (χ0n) is 12.6. The molecule has 0 aliphatic heterocycles. The normalized spacial score (nSPS) is 14.0. The highest BCUT2D eigenvalue weighted by molar-refractivity contribution is 9.11. The molecule has 0 fully saturated rings. The Hall–Kier alpha value is -1.38. The lowest BCUT2D eigenvalue weighted by Gasteiger charge is -2.17. The number of rotatable bonds is 1. The van der Waals surface area contributed by atoms with Crippen LogP contribution in [0.3, 0.4) is 0 Å². The lowest BCUT2D eigenvalue weighted by Crippen LogP contribution is -2.05. The van der Waals surface area contributed by atoms with Crippen LogP contribution < -0.4 is 0 Å². The van der Waals surface area contributed by atoms with Crippen LogP contribution in [0, 0.1) is 0 Å². The fourth-order valence-electron chi connectivity index (χ4n) is 3.57. The van der Waals surface area contributed by atoms with Crippen LogP contribution in [0.15, 0.2) is 75.7 Å². The van der Waals surface area contributed by atoms with Crippen molar-refractivity contribution in [1.82, 2.24) is 0 Å². The van der Waals surface area contributed by atoms with Crippen LogP contribution in [0.4, 0.5) is 0 Å². The second-order valence-corrected chi connectivity index (χ2v) is 7.95. The van der Waals surface area contributed by atoms with E-state index < -0.39 is 0 Å². The van der Waals surface area contributed by atoms with Gasteiger partial charge in [-0.15, -0.1) is 0 Å². The first-order chi connectivity index (χ1) is 11.2. The van der Waals surface area contributed by atoms with Gasteiger partial charge >= 0.3 is 0 Å². The molecule has 0 bridgehead atoms. The first kappa shape index (κ1) is 15.2. The molecule has 0 aromatic heterocycles. The van der Waals surface area contributed by atoms with Crippen molar-refractivity contribution in [3.8, 4) is 11.1 Å². The zero-order chi connectivity index (χ0) is 15.8. The SMILES string of the molecule is Brc1cc(Br)cc(C2Cc3ccccc3-c3ccccc3C2)c1. The maximum Gasteiger partial charge on any atom is 0.0189 e. The first-order valence-electron chi connectivity index (χ1n) is 7.83. The van der Waals surface area contributed by atoms with Crippen molar-refractivity contribution >= 4 is 31.9 Å². The Morgan fingerprint density at radius 3 is 1.65 bits per heavy atom. The molecule has 3 aromatic rings. The highest BCUT2D eigenvalue weighted by Crippen LogP contribution is 2.39. The van der Waals surface area contributed by atoms with Gasteiger partial charge in [0.2, 0.25) is 0 Å². The van der Waals surface area contributed by atoms with Gasteiger partial charge < -0.3 is 0 Å². The molecule has 0 amide bonds. The summed E-state index contributed by atoms with van der Waals surface area (Å²) < 4.78 is 2.26. The highest BCUT2D eigenvalue weighted by Gasteiger charge is 2.22. The van der Waals surface area contributed by atoms with Crippen LogP contribution in [0.5, 0.6) is 0 Å². The van der Waals surface area contributed by atoms with Gasteiger partial charge in [0, 0.05) is 8.95 Å². The van der Waals surface area contributed by atoms with Gasteiger partial charge in [-0.2, -0.15) is 0 Å². The van der Waals surface area contributed by atoms with E-state index in [1.54, 1.807) is 0 Å². The maximum absolute atomic E-state index is 3.63. The van der Waals surface area contributed by atoms with Crippen molar-refractivity contribution < 1.29 is 0 Å². The average molecular weight is 428 g/mol. The summed E-state index contributed by atoms with van der Waals surface area (Å²) in [5.74, 6) is 0.494. The zero-order valence-corrected chi connectivity index (χ0v) is 15.8. The van der Waals surface area contributed by atoms with Gasteiger partial charge in [-0.1, -0.05) is 80.4 Å². The molecule has 0 atom stereocenters. The second-order valence-electron chi connectivity index (χ2n) is 6.12. The average Bonchev–Trinajstić information content (AvgIpc) is 2.71. The molecule has 0 spiro atoms. The van der Waals surface area contributed by atoms with Gasteiger partial charge in [-0.3, -0.25) is 0 Å². The molecule has 0 radical (unpaired) electrons. The number of fused-ring (bicyclic) bond motifs is 3. The topological polar surface area (TPSA) is 0 Å². The third-order valence-corrected chi connectivity index (χ3v) is 5.53. The van der Waals surface area contributed by atoms with Gasteiger partial charge in [0.15, 0.2) is 0 Å². The van der Waals surface area contributed by atoms with E-state index >= 15 is 0 Å². The van der Waals surface area contributed by atoms with Crippen molar-refractivity contribution in [2.75, 3.05) is 0 Å². The summed E-state index contributed by atoms with van der Waals surface area (Å²) in [5.41, 5.74) is 7.05. The Bertz CT molecular complexity index is 799. The van der Waals surface area contributed by atoms with Crippen LogP contribution in [0.2, 0.25) is 0 Å². The van der Waals surface area contributed by atoms with Crippen molar-refractivity contribution in [1.29, 1.82) is 0 Å². The summed E-state index contributed by atoms with van der Waals surface area (Å²) in [5, 5.41) is 0. The largest absolute Gasteiger partial charge is 0.0620 e. The number of hydrogen-bond acceptors (Lipinski definition) is 0. The smallest absolute Gasteiger partial charge is 0.0189 e. The fraction of sp³-hybridized carbons (Fsp3) is 0.143. The van der Waals surface area contributed by atoms with Crippen LogP contribution in [0.1, 0.15) is 22.6 Å². The Morgan fingerprint density at radius 1 is 0.652 bits per heavy atom. The van der Waals surface area contributed by atoms with Crippen LogP contribution in [0.25, 0.3) is 11.1 Å². The lowest BCUT2D eigenvalue weighted by atomic mass is 9.89. The van der Waals surface area contributed by atoms with Crippen molar-refractivity contribution in [3.63, 3.8) is 0 Å². The molecule has 0 N–H and O–H groups in total. The molecular weight excluding hydrogens is 412 g/mol. The standard InChI is InChI=1S/C21H16Br2/c22-18-11-17(12-19(23)13-18)16-9-14-5-1-3-7-20(14)21-8-4-2-6-15(21)10-16/h1-8,11-13,16H,9-10H2. The van der Waals surface area contributed by atoms with Gasteiger partial charge in [0.1, 0.15) is 0 Å². The molecule has 0 saturated carbocycles. The monoisotopic (exact) mass is 426 g/mol. The third-order valence-electron chi connectivity index (χ3n) is 4.61. The molecule has 4 rings (SSSR count). The molecule has 0 unspecified atom stereocenters. The van der Waals surface area contributed by atoms with Crippen LogP contribution >= 0.6 is 31.9 Å². The Kier molecular flexibility index (Phi) is 4.13. The first-order valence-corrected chi connectivity index (χ1v) is 9.41. The fourth-order valence-corrected chi connectivity index (χ4v) is 4.90. The molecule has 114 valence electrons. The van der Waals surface area contributed by atoms with E-state index in [0.717, 1.165) is 21.8 Å². The van der Waals surface area contributed by atoms with E-state index in [2.05, 4.69) is 98.6 Å². The molecule has 3 aromatic carbocycles. The van der Waals surface area contributed by atoms with Crippen LogP contribution in [-0.2, 0) is 12.8 Å². The molecule has 0 heterocycles. The van der Waals surface area contributed by atoms with E-state index in [4.69, 9.17) is 0 Å².